The zero-order valence-electron chi connectivity index (χ0n) is 14.4. The van der Waals surface area contributed by atoms with Crippen molar-refractivity contribution in [2.45, 2.75) is 0 Å². The van der Waals surface area contributed by atoms with Gasteiger partial charge in [-0.1, -0.05) is 77.8 Å². The number of rotatable bonds is 4. The number of aromatic nitrogens is 2. The molecular formula is C21H13Cl2N3O2. The highest BCUT2D eigenvalue weighted by atomic mass is 35.5. The number of nitro benzene ring substituents is 1. The van der Waals surface area contributed by atoms with Crippen LogP contribution in [0.1, 0.15) is 0 Å². The van der Waals surface area contributed by atoms with E-state index in [2.05, 4.69) is 4.98 Å². The average Bonchev–Trinajstić information content (AvgIpc) is 3.16. The lowest BCUT2D eigenvalue weighted by Gasteiger charge is -2.06. The van der Waals surface area contributed by atoms with E-state index in [0.29, 0.717) is 38.4 Å². The molecule has 0 radical (unpaired) electrons. The number of halogens is 2. The molecule has 7 heteroatoms. The Bertz CT molecular complexity index is 1170. The summed E-state index contributed by atoms with van der Waals surface area (Å²) in [6.07, 6.45) is 0. The summed E-state index contributed by atoms with van der Waals surface area (Å²) in [7, 11) is 0. The fourth-order valence-corrected chi connectivity index (χ4v) is 3.37. The number of nitrogens with one attached hydrogen (secondary N) is 1. The number of nitrogens with zero attached hydrogens (tertiary/aromatic N) is 2. The van der Waals surface area contributed by atoms with Crippen molar-refractivity contribution in [3.8, 4) is 33.9 Å². The van der Waals surface area contributed by atoms with Crippen LogP contribution in [0.3, 0.4) is 0 Å². The lowest BCUT2D eigenvalue weighted by atomic mass is 10.1. The summed E-state index contributed by atoms with van der Waals surface area (Å²) in [4.78, 5) is 18.7. The van der Waals surface area contributed by atoms with Crippen LogP contribution >= 0.6 is 23.2 Å². The molecule has 0 fully saturated rings. The Morgan fingerprint density at radius 2 is 1.61 bits per heavy atom. The van der Waals surface area contributed by atoms with Crippen molar-refractivity contribution in [1.29, 1.82) is 0 Å². The van der Waals surface area contributed by atoms with Crippen LogP contribution in [-0.2, 0) is 0 Å². The van der Waals surface area contributed by atoms with Crippen LogP contribution in [0.2, 0.25) is 10.0 Å². The number of non-ortho nitro benzene ring substituents is 1. The number of nitro groups is 1. The summed E-state index contributed by atoms with van der Waals surface area (Å²) < 4.78 is 0. The summed E-state index contributed by atoms with van der Waals surface area (Å²) in [6.45, 7) is 0. The quantitative estimate of drug-likeness (QED) is 0.303. The normalized spacial score (nSPS) is 10.8. The largest absolute Gasteiger partial charge is 0.337 e. The molecule has 0 amide bonds. The third kappa shape index (κ3) is 3.38. The van der Waals surface area contributed by atoms with E-state index in [9.17, 15) is 10.1 Å². The third-order valence-corrected chi connectivity index (χ3v) is 5.12. The summed E-state index contributed by atoms with van der Waals surface area (Å²) in [6, 6.07) is 21.3. The molecule has 1 aromatic heterocycles. The number of aromatic amines is 1. The zero-order valence-corrected chi connectivity index (χ0v) is 15.9. The molecule has 0 saturated carbocycles. The predicted molar refractivity (Wildman–Crippen MR) is 112 cm³/mol. The van der Waals surface area contributed by atoms with Crippen LogP contribution in [0.25, 0.3) is 33.9 Å². The maximum Gasteiger partial charge on any atom is 0.270 e. The number of hydrogen-bond acceptors (Lipinski definition) is 3. The van der Waals surface area contributed by atoms with Crippen LogP contribution in [-0.4, -0.2) is 14.9 Å². The Morgan fingerprint density at radius 3 is 2.36 bits per heavy atom. The fraction of sp³-hybridized carbons (Fsp3) is 0. The number of H-pyrrole nitrogens is 1. The van der Waals surface area contributed by atoms with Gasteiger partial charge in [-0.2, -0.15) is 0 Å². The molecule has 0 atom stereocenters. The second-order valence-electron chi connectivity index (χ2n) is 6.08. The van der Waals surface area contributed by atoms with Gasteiger partial charge in [-0.05, 0) is 6.07 Å². The van der Waals surface area contributed by atoms with Gasteiger partial charge in [0.1, 0.15) is 5.82 Å². The van der Waals surface area contributed by atoms with Gasteiger partial charge in [0, 0.05) is 28.8 Å². The Labute approximate surface area is 170 Å². The Morgan fingerprint density at radius 1 is 0.893 bits per heavy atom. The molecule has 1 N–H and O–H groups in total. The maximum atomic E-state index is 11.1. The van der Waals surface area contributed by atoms with E-state index in [4.69, 9.17) is 28.2 Å². The monoisotopic (exact) mass is 409 g/mol. The number of imidazole rings is 1. The van der Waals surface area contributed by atoms with Crippen LogP contribution < -0.4 is 0 Å². The predicted octanol–water partition coefficient (Wildman–Crippen LogP) is 6.63. The maximum absolute atomic E-state index is 11.1. The van der Waals surface area contributed by atoms with Crippen molar-refractivity contribution in [2.24, 2.45) is 0 Å². The average molecular weight is 410 g/mol. The first-order valence-corrected chi connectivity index (χ1v) is 9.15. The fourth-order valence-electron chi connectivity index (χ4n) is 2.97. The van der Waals surface area contributed by atoms with Gasteiger partial charge >= 0.3 is 0 Å². The van der Waals surface area contributed by atoms with E-state index in [0.717, 1.165) is 5.56 Å². The first kappa shape index (κ1) is 18.2. The van der Waals surface area contributed by atoms with E-state index in [1.165, 1.54) is 12.1 Å². The van der Waals surface area contributed by atoms with E-state index < -0.39 is 4.92 Å². The molecule has 3 aromatic carbocycles. The summed E-state index contributed by atoms with van der Waals surface area (Å²) in [5.74, 6) is 0.508. The minimum atomic E-state index is -0.431. The molecule has 0 aliphatic carbocycles. The first-order valence-electron chi connectivity index (χ1n) is 8.39. The zero-order chi connectivity index (χ0) is 19.7. The van der Waals surface area contributed by atoms with Crippen molar-refractivity contribution in [1.82, 2.24) is 9.97 Å². The van der Waals surface area contributed by atoms with Crippen molar-refractivity contribution >= 4 is 28.9 Å². The lowest BCUT2D eigenvalue weighted by molar-refractivity contribution is -0.384. The van der Waals surface area contributed by atoms with Crippen LogP contribution in [0.4, 0.5) is 5.69 Å². The number of hydrogen-bond donors (Lipinski definition) is 1. The van der Waals surface area contributed by atoms with Crippen LogP contribution in [0.5, 0.6) is 0 Å². The summed E-state index contributed by atoms with van der Waals surface area (Å²) in [5.41, 5.74) is 3.58. The van der Waals surface area contributed by atoms with Crippen LogP contribution in [0.15, 0.2) is 72.8 Å². The molecule has 0 spiro atoms. The second kappa shape index (κ2) is 7.46. The van der Waals surface area contributed by atoms with E-state index in [-0.39, 0.29) is 5.69 Å². The van der Waals surface area contributed by atoms with Gasteiger partial charge < -0.3 is 4.98 Å². The molecule has 4 rings (SSSR count). The second-order valence-corrected chi connectivity index (χ2v) is 6.87. The first-order chi connectivity index (χ1) is 13.5. The molecule has 0 aliphatic heterocycles. The highest BCUT2D eigenvalue weighted by Gasteiger charge is 2.19. The van der Waals surface area contributed by atoms with Crippen molar-refractivity contribution < 1.29 is 4.92 Å². The van der Waals surface area contributed by atoms with Gasteiger partial charge in [-0.15, -0.1) is 0 Å². The molecule has 0 bridgehead atoms. The third-order valence-electron chi connectivity index (χ3n) is 4.30. The SMILES string of the molecule is O=[N+]([O-])c1cccc(-c2nc(-c3ccccc3)c(-c3cccc(Cl)c3Cl)[nH]2)c1. The highest BCUT2D eigenvalue weighted by Crippen LogP contribution is 2.39. The minimum Gasteiger partial charge on any atom is -0.337 e. The molecule has 4 aromatic rings. The van der Waals surface area contributed by atoms with E-state index >= 15 is 0 Å². The number of benzene rings is 3. The summed E-state index contributed by atoms with van der Waals surface area (Å²) >= 11 is 12.6. The van der Waals surface area contributed by atoms with Gasteiger partial charge in [0.25, 0.3) is 5.69 Å². The van der Waals surface area contributed by atoms with Crippen LogP contribution in [0, 0.1) is 10.1 Å². The standard InChI is InChI=1S/C21H13Cl2N3O2/c22-17-11-5-10-16(18(17)23)20-19(13-6-2-1-3-7-13)24-21(25-20)14-8-4-9-15(12-14)26(27)28/h1-12H,(H,24,25). The van der Waals surface area contributed by atoms with Gasteiger partial charge in [0.15, 0.2) is 0 Å². The lowest BCUT2D eigenvalue weighted by Crippen LogP contribution is -1.89. The van der Waals surface area contributed by atoms with Crippen molar-refractivity contribution in [2.75, 3.05) is 0 Å². The molecule has 138 valence electrons. The molecule has 28 heavy (non-hydrogen) atoms. The van der Waals surface area contributed by atoms with Crippen molar-refractivity contribution in [3.63, 3.8) is 0 Å². The highest BCUT2D eigenvalue weighted by molar-refractivity contribution is 6.43. The molecule has 0 unspecified atom stereocenters. The Kier molecular flexibility index (Phi) is 4.86. The van der Waals surface area contributed by atoms with E-state index in [1.807, 2.05) is 42.5 Å². The molecule has 0 aliphatic rings. The van der Waals surface area contributed by atoms with Gasteiger partial charge in [0.2, 0.25) is 0 Å². The van der Waals surface area contributed by atoms with Crippen molar-refractivity contribution in [3.05, 3.63) is 93.0 Å². The van der Waals surface area contributed by atoms with Gasteiger partial charge in [-0.25, -0.2) is 4.98 Å². The Hall–Kier alpha value is -3.15. The smallest absolute Gasteiger partial charge is 0.270 e. The Balaban J connectivity index is 1.94. The molecular weight excluding hydrogens is 397 g/mol. The minimum absolute atomic E-state index is 0.00232. The molecule has 5 nitrogen and oxygen atoms in total. The van der Waals surface area contributed by atoms with Gasteiger partial charge in [-0.3, -0.25) is 10.1 Å². The summed E-state index contributed by atoms with van der Waals surface area (Å²) in [5, 5.41) is 12.0. The molecule has 1 heterocycles. The topological polar surface area (TPSA) is 71.8 Å². The van der Waals surface area contributed by atoms with E-state index in [1.54, 1.807) is 18.2 Å². The molecule has 0 saturated heterocycles. The van der Waals surface area contributed by atoms with Gasteiger partial charge in [0.05, 0.1) is 26.4 Å².